The van der Waals surface area contributed by atoms with Crippen molar-refractivity contribution >= 4 is 84.8 Å². The van der Waals surface area contributed by atoms with Gasteiger partial charge >= 0.3 is 6.85 Å². The summed E-state index contributed by atoms with van der Waals surface area (Å²) in [6, 6.07) is 63.6. The molecular weight excluding hydrogens is 602 g/mol. The van der Waals surface area contributed by atoms with Gasteiger partial charge < -0.3 is 9.38 Å². The van der Waals surface area contributed by atoms with Crippen LogP contribution in [0.15, 0.2) is 170 Å². The predicted octanol–water partition coefficient (Wildman–Crippen LogP) is 7.67. The molecule has 12 rings (SSSR count). The van der Waals surface area contributed by atoms with Crippen LogP contribution >= 0.6 is 0 Å². The molecule has 0 aliphatic carbocycles. The molecule has 0 atom stereocenters. The van der Waals surface area contributed by atoms with Crippen LogP contribution in [-0.2, 0) is 0 Å². The van der Waals surface area contributed by atoms with E-state index >= 15 is 0 Å². The Morgan fingerprint density at radius 3 is 1.38 bits per heavy atom. The molecule has 0 amide bonds. The molecule has 0 saturated carbocycles. The molecule has 4 heteroatoms. The Labute approximate surface area is 291 Å². The van der Waals surface area contributed by atoms with Gasteiger partial charge in [-0.05, 0) is 56.6 Å². The monoisotopic (exact) mass is 630 g/mol. The number of para-hydroxylation sites is 4. The molecule has 4 heterocycles. The molecule has 9 aromatic rings. The summed E-state index contributed by atoms with van der Waals surface area (Å²) >= 11 is 0. The molecule has 0 fully saturated rings. The molecule has 0 N–H and O–H groups in total. The number of anilines is 2. The van der Waals surface area contributed by atoms with Crippen LogP contribution in [0.2, 0.25) is 0 Å². The standard InChI is InChI=1S/C46H28B2N2/c1-2-16-32-29(13-1)37(27-28-44(32)49-42-25-9-5-17-33(42)34-18-6-10-26-43(34)49)47-40-23-11-19-35-30-14-3-7-21-38(30)48-39-22-8-4-15-31(39)36-20-12-24-41(47)46(36)50(48)45(35)40/h1-28H. The second-order valence-corrected chi connectivity index (χ2v) is 14.0. The van der Waals surface area contributed by atoms with Crippen molar-refractivity contribution < 1.29 is 0 Å². The summed E-state index contributed by atoms with van der Waals surface area (Å²) in [5.74, 6) is 0. The molecular formula is C46H28B2N2. The fraction of sp³-hybridized carbons (Fsp3) is 0. The van der Waals surface area contributed by atoms with Crippen molar-refractivity contribution in [3.05, 3.63) is 170 Å². The first-order valence-electron chi connectivity index (χ1n) is 17.6. The van der Waals surface area contributed by atoms with Crippen molar-refractivity contribution in [3.8, 4) is 27.9 Å². The zero-order chi connectivity index (χ0) is 32.5. The van der Waals surface area contributed by atoms with Crippen molar-refractivity contribution in [2.75, 3.05) is 4.81 Å². The van der Waals surface area contributed by atoms with Gasteiger partial charge in [0.15, 0.2) is 0 Å². The first-order valence-corrected chi connectivity index (χ1v) is 17.6. The molecule has 0 spiro atoms. The number of rotatable bonds is 2. The van der Waals surface area contributed by atoms with Crippen LogP contribution in [0.1, 0.15) is 0 Å². The summed E-state index contributed by atoms with van der Waals surface area (Å²) in [6.45, 7) is 0.199. The van der Waals surface area contributed by atoms with Gasteiger partial charge in [0.2, 0.25) is 6.71 Å². The van der Waals surface area contributed by atoms with Gasteiger partial charge in [0.05, 0.1) is 16.7 Å². The number of hydrogen-bond donors (Lipinski definition) is 0. The first-order chi connectivity index (χ1) is 24.9. The lowest BCUT2D eigenvalue weighted by Gasteiger charge is -2.49. The van der Waals surface area contributed by atoms with Crippen LogP contribution in [-0.4, -0.2) is 18.1 Å². The molecule has 228 valence electrons. The summed E-state index contributed by atoms with van der Waals surface area (Å²) in [5, 5.41) is 5.13. The molecule has 2 nitrogen and oxygen atoms in total. The highest BCUT2D eigenvalue weighted by Gasteiger charge is 2.48. The van der Waals surface area contributed by atoms with E-state index in [1.165, 1.54) is 99.2 Å². The molecule has 0 saturated heterocycles. The average molecular weight is 630 g/mol. The van der Waals surface area contributed by atoms with E-state index in [4.69, 9.17) is 0 Å². The predicted molar refractivity (Wildman–Crippen MR) is 214 cm³/mol. The van der Waals surface area contributed by atoms with Gasteiger partial charge in [-0.1, -0.05) is 157 Å². The fourth-order valence-electron chi connectivity index (χ4n) is 9.78. The third-order valence-corrected chi connectivity index (χ3v) is 11.7. The van der Waals surface area contributed by atoms with E-state index in [0.29, 0.717) is 0 Å². The van der Waals surface area contributed by atoms with E-state index in [1.807, 2.05) is 0 Å². The Balaban J connectivity index is 1.18. The van der Waals surface area contributed by atoms with Crippen LogP contribution in [0, 0.1) is 0 Å². The lowest BCUT2D eigenvalue weighted by Crippen LogP contribution is -2.67. The number of hydrogen-bond acceptors (Lipinski definition) is 1. The maximum Gasteiger partial charge on any atom is 0.329 e. The number of nitrogens with zero attached hydrogens (tertiary/aromatic N) is 2. The Kier molecular flexibility index (Phi) is 5.16. The Morgan fingerprint density at radius 1 is 0.320 bits per heavy atom. The second-order valence-electron chi connectivity index (χ2n) is 14.0. The quantitative estimate of drug-likeness (QED) is 0.178. The Bertz CT molecular complexity index is 2770. The molecule has 8 aromatic carbocycles. The molecule has 1 aromatic heterocycles. The third kappa shape index (κ3) is 3.26. The molecule has 3 aliphatic heterocycles. The SMILES string of the molecule is c1ccc2c(c1)B1c3ccccc3-c3cccc4c3N1c1c(cccc1-2)B4c1ccc(-n2c3ccccc3c3ccccc32)c2ccccc12. The average Bonchev–Trinajstić information content (AvgIpc) is 3.52. The topological polar surface area (TPSA) is 8.17 Å². The van der Waals surface area contributed by atoms with Crippen molar-refractivity contribution in [1.29, 1.82) is 0 Å². The summed E-state index contributed by atoms with van der Waals surface area (Å²) in [5.41, 5.74) is 18.6. The van der Waals surface area contributed by atoms with Gasteiger partial charge in [-0.25, -0.2) is 0 Å². The Morgan fingerprint density at radius 2 is 0.780 bits per heavy atom. The minimum Gasteiger partial charge on any atom is -0.377 e. The third-order valence-electron chi connectivity index (χ3n) is 11.7. The molecule has 50 heavy (non-hydrogen) atoms. The van der Waals surface area contributed by atoms with Crippen LogP contribution < -0.4 is 32.1 Å². The van der Waals surface area contributed by atoms with Crippen LogP contribution in [0.3, 0.4) is 0 Å². The number of benzene rings is 8. The minimum atomic E-state index is 0.0735. The highest BCUT2D eigenvalue weighted by molar-refractivity contribution is 7.02. The van der Waals surface area contributed by atoms with Crippen molar-refractivity contribution in [3.63, 3.8) is 0 Å². The van der Waals surface area contributed by atoms with E-state index in [9.17, 15) is 0 Å². The lowest BCUT2D eigenvalue weighted by molar-refractivity contribution is 1.20. The van der Waals surface area contributed by atoms with E-state index in [0.717, 1.165) is 0 Å². The van der Waals surface area contributed by atoms with Gasteiger partial charge in [0.1, 0.15) is 0 Å². The van der Waals surface area contributed by atoms with Crippen molar-refractivity contribution in [2.24, 2.45) is 0 Å². The van der Waals surface area contributed by atoms with Gasteiger partial charge in [-0.3, -0.25) is 0 Å². The highest BCUT2D eigenvalue weighted by atomic mass is 15.1. The van der Waals surface area contributed by atoms with E-state index in [1.54, 1.807) is 0 Å². The van der Waals surface area contributed by atoms with E-state index in [-0.39, 0.29) is 13.6 Å². The first kappa shape index (κ1) is 26.7. The molecule has 0 radical (unpaired) electrons. The summed E-state index contributed by atoms with van der Waals surface area (Å²) in [4.78, 5) is 2.69. The van der Waals surface area contributed by atoms with E-state index < -0.39 is 0 Å². The number of aromatic nitrogens is 1. The molecule has 0 unspecified atom stereocenters. The van der Waals surface area contributed by atoms with Gasteiger partial charge in [0.25, 0.3) is 0 Å². The maximum absolute atomic E-state index is 2.69. The fourth-order valence-corrected chi connectivity index (χ4v) is 9.78. The van der Waals surface area contributed by atoms with E-state index in [2.05, 4.69) is 179 Å². The van der Waals surface area contributed by atoms with Crippen molar-refractivity contribution in [1.82, 2.24) is 4.57 Å². The molecule has 3 aliphatic rings. The van der Waals surface area contributed by atoms with Gasteiger partial charge in [-0.2, -0.15) is 0 Å². The zero-order valence-corrected chi connectivity index (χ0v) is 27.2. The van der Waals surface area contributed by atoms with Crippen LogP contribution in [0.5, 0.6) is 0 Å². The van der Waals surface area contributed by atoms with Crippen LogP contribution in [0.4, 0.5) is 11.4 Å². The zero-order valence-electron chi connectivity index (χ0n) is 27.2. The summed E-state index contributed by atoms with van der Waals surface area (Å²) < 4.78 is 2.46. The van der Waals surface area contributed by atoms with Crippen molar-refractivity contribution in [2.45, 2.75) is 0 Å². The largest absolute Gasteiger partial charge is 0.377 e. The van der Waals surface area contributed by atoms with Gasteiger partial charge in [0, 0.05) is 38.7 Å². The maximum atomic E-state index is 2.69. The Hall–Kier alpha value is -6.25. The van der Waals surface area contributed by atoms with Gasteiger partial charge in [-0.15, -0.1) is 0 Å². The minimum absolute atomic E-state index is 0.0735. The number of fused-ring (bicyclic) bond motifs is 10. The lowest BCUT2D eigenvalue weighted by atomic mass is 9.31. The summed E-state index contributed by atoms with van der Waals surface area (Å²) in [7, 11) is 0. The highest BCUT2D eigenvalue weighted by Crippen LogP contribution is 2.46. The second kappa shape index (κ2) is 9.68. The molecule has 0 bridgehead atoms. The summed E-state index contributed by atoms with van der Waals surface area (Å²) in [6.07, 6.45) is 0. The van der Waals surface area contributed by atoms with Crippen LogP contribution in [0.25, 0.3) is 60.5 Å². The smallest absolute Gasteiger partial charge is 0.329 e. The normalized spacial score (nSPS) is 13.5.